The van der Waals surface area contributed by atoms with E-state index < -0.39 is 5.60 Å². The topological polar surface area (TPSA) is 20.2 Å². The molecule has 0 fully saturated rings. The average Bonchev–Trinajstić information content (AvgIpc) is 2.56. The molecule has 20 heavy (non-hydrogen) atoms. The summed E-state index contributed by atoms with van der Waals surface area (Å²) in [5.41, 5.74) is 1.70. The third kappa shape index (κ3) is 2.21. The molecule has 0 heterocycles. The quantitative estimate of drug-likeness (QED) is 0.879. The van der Waals surface area contributed by atoms with Crippen LogP contribution in [0.25, 0.3) is 0 Å². The molecule has 2 aromatic carbocycles. The van der Waals surface area contributed by atoms with E-state index >= 15 is 0 Å². The summed E-state index contributed by atoms with van der Waals surface area (Å²) in [6.07, 6.45) is 8.34. The van der Waals surface area contributed by atoms with E-state index in [-0.39, 0.29) is 0 Å². The van der Waals surface area contributed by atoms with Crippen molar-refractivity contribution in [2.75, 3.05) is 0 Å². The van der Waals surface area contributed by atoms with Gasteiger partial charge in [-0.3, -0.25) is 0 Å². The van der Waals surface area contributed by atoms with Crippen LogP contribution < -0.4 is 0 Å². The van der Waals surface area contributed by atoms with Crippen molar-refractivity contribution >= 4 is 0 Å². The predicted molar refractivity (Wildman–Crippen MR) is 82.3 cm³/mol. The first-order valence-electron chi connectivity index (χ1n) is 7.02. The lowest BCUT2D eigenvalue weighted by atomic mass is 9.78. The number of hydrogen-bond acceptors (Lipinski definition) is 1. The predicted octanol–water partition coefficient (Wildman–Crippen LogP) is 4.20. The summed E-state index contributed by atoms with van der Waals surface area (Å²) < 4.78 is 0. The molecule has 1 heteroatoms. The molecular weight excluding hydrogens is 244 g/mol. The molecule has 100 valence electrons. The minimum atomic E-state index is -1.07. The van der Waals surface area contributed by atoms with Gasteiger partial charge in [-0.2, -0.15) is 0 Å². The van der Waals surface area contributed by atoms with Gasteiger partial charge in [0.05, 0.1) is 0 Å². The normalized spacial score (nSPS) is 14.9. The Balaban J connectivity index is 2.18. The molecule has 2 aromatic rings. The van der Waals surface area contributed by atoms with Gasteiger partial charge in [0.1, 0.15) is 5.60 Å². The molecule has 0 atom stereocenters. The molecule has 0 saturated heterocycles. The molecule has 1 aliphatic rings. The van der Waals surface area contributed by atoms with Crippen LogP contribution in [0.4, 0.5) is 0 Å². The third-order valence-electron chi connectivity index (χ3n) is 3.80. The number of allylic oxidation sites excluding steroid dienone is 2. The molecule has 1 N–H and O–H groups in total. The fraction of sp³-hybridized carbons (Fsp3) is 0.158. The maximum atomic E-state index is 11.5. The molecule has 0 amide bonds. The molecule has 1 aliphatic carbocycles. The van der Waals surface area contributed by atoms with Gasteiger partial charge < -0.3 is 5.11 Å². The second-order valence-corrected chi connectivity index (χ2v) is 5.08. The molecule has 0 aliphatic heterocycles. The fourth-order valence-electron chi connectivity index (χ4n) is 2.74. The number of aliphatic hydroxyl groups is 1. The number of rotatable bonds is 3. The lowest BCUT2D eigenvalue weighted by Crippen LogP contribution is -2.29. The Hall–Kier alpha value is -2.12. The SMILES string of the molecule is OC(C1=CCCC=C1)(c1ccccc1)c1ccccc1. The van der Waals surface area contributed by atoms with E-state index in [2.05, 4.69) is 12.2 Å². The molecule has 0 saturated carbocycles. The highest BCUT2D eigenvalue weighted by atomic mass is 16.3. The summed E-state index contributed by atoms with van der Waals surface area (Å²) in [6.45, 7) is 0. The van der Waals surface area contributed by atoms with Crippen molar-refractivity contribution in [1.82, 2.24) is 0 Å². The fourth-order valence-corrected chi connectivity index (χ4v) is 2.74. The van der Waals surface area contributed by atoms with Crippen LogP contribution >= 0.6 is 0 Å². The van der Waals surface area contributed by atoms with Gasteiger partial charge in [0.2, 0.25) is 0 Å². The highest BCUT2D eigenvalue weighted by Gasteiger charge is 2.34. The van der Waals surface area contributed by atoms with Crippen molar-refractivity contribution in [1.29, 1.82) is 0 Å². The zero-order valence-corrected chi connectivity index (χ0v) is 11.4. The monoisotopic (exact) mass is 262 g/mol. The first kappa shape index (κ1) is 12.9. The Morgan fingerprint density at radius 3 is 1.75 bits per heavy atom. The van der Waals surface area contributed by atoms with Gasteiger partial charge >= 0.3 is 0 Å². The highest BCUT2D eigenvalue weighted by Crippen LogP contribution is 2.38. The summed E-state index contributed by atoms with van der Waals surface area (Å²) in [5, 5.41) is 11.5. The number of hydrogen-bond donors (Lipinski definition) is 1. The highest BCUT2D eigenvalue weighted by molar-refractivity contribution is 5.49. The van der Waals surface area contributed by atoms with Gasteiger partial charge in [0.25, 0.3) is 0 Å². The summed E-state index contributed by atoms with van der Waals surface area (Å²) in [5.74, 6) is 0. The lowest BCUT2D eigenvalue weighted by molar-refractivity contribution is 0.124. The van der Waals surface area contributed by atoms with Crippen LogP contribution in [0.1, 0.15) is 24.0 Å². The molecule has 0 aromatic heterocycles. The maximum absolute atomic E-state index is 11.5. The summed E-state index contributed by atoms with van der Waals surface area (Å²) >= 11 is 0. The van der Waals surface area contributed by atoms with E-state index in [1.54, 1.807) is 0 Å². The minimum Gasteiger partial charge on any atom is -0.376 e. The molecular formula is C19H18O. The van der Waals surface area contributed by atoms with E-state index in [0.717, 1.165) is 29.5 Å². The van der Waals surface area contributed by atoms with Crippen molar-refractivity contribution < 1.29 is 5.11 Å². The molecule has 0 unspecified atom stereocenters. The van der Waals surface area contributed by atoms with Gasteiger partial charge in [0.15, 0.2) is 0 Å². The summed E-state index contributed by atoms with van der Waals surface area (Å²) in [6, 6.07) is 19.7. The van der Waals surface area contributed by atoms with Crippen molar-refractivity contribution in [3.8, 4) is 0 Å². The van der Waals surface area contributed by atoms with Gasteiger partial charge in [-0.25, -0.2) is 0 Å². The minimum absolute atomic E-state index is 0.906. The van der Waals surface area contributed by atoms with Crippen molar-refractivity contribution in [2.45, 2.75) is 18.4 Å². The standard InChI is InChI=1S/C19H18O/c20-19(16-10-4-1-5-11-16,17-12-6-2-7-13-17)18-14-8-3-9-15-18/h1-2,4-8,10-15,20H,3,9H2. The maximum Gasteiger partial charge on any atom is 0.140 e. The summed E-state index contributed by atoms with van der Waals surface area (Å²) in [7, 11) is 0. The molecule has 0 bridgehead atoms. The molecule has 1 nitrogen and oxygen atoms in total. The molecule has 0 spiro atoms. The van der Waals surface area contributed by atoms with E-state index in [9.17, 15) is 5.11 Å². The van der Waals surface area contributed by atoms with E-state index in [1.165, 1.54) is 0 Å². The molecule has 3 rings (SSSR count). The third-order valence-corrected chi connectivity index (χ3v) is 3.80. The van der Waals surface area contributed by atoms with Gasteiger partial charge in [0, 0.05) is 0 Å². The first-order chi connectivity index (χ1) is 9.82. The Kier molecular flexibility index (Phi) is 3.53. The zero-order chi connectivity index (χ0) is 13.8. The van der Waals surface area contributed by atoms with Crippen LogP contribution in [0.15, 0.2) is 84.5 Å². The van der Waals surface area contributed by atoms with Crippen LogP contribution in [0.2, 0.25) is 0 Å². The van der Waals surface area contributed by atoms with Crippen LogP contribution in [0.5, 0.6) is 0 Å². The van der Waals surface area contributed by atoms with Crippen LogP contribution in [-0.2, 0) is 5.60 Å². The Bertz CT molecular complexity index is 584. The van der Waals surface area contributed by atoms with Gasteiger partial charge in [-0.05, 0) is 29.5 Å². The van der Waals surface area contributed by atoms with E-state index in [1.807, 2.05) is 66.7 Å². The van der Waals surface area contributed by atoms with Crippen LogP contribution in [0.3, 0.4) is 0 Å². The number of benzene rings is 2. The Labute approximate surface area is 119 Å². The summed E-state index contributed by atoms with van der Waals surface area (Å²) in [4.78, 5) is 0. The smallest absolute Gasteiger partial charge is 0.140 e. The lowest BCUT2D eigenvalue weighted by Gasteiger charge is -2.32. The average molecular weight is 262 g/mol. The second-order valence-electron chi connectivity index (χ2n) is 5.08. The largest absolute Gasteiger partial charge is 0.376 e. The first-order valence-corrected chi connectivity index (χ1v) is 7.02. The second kappa shape index (κ2) is 5.48. The van der Waals surface area contributed by atoms with Crippen molar-refractivity contribution in [3.05, 3.63) is 95.6 Å². The van der Waals surface area contributed by atoms with E-state index in [4.69, 9.17) is 0 Å². The Morgan fingerprint density at radius 1 is 0.750 bits per heavy atom. The Morgan fingerprint density at radius 2 is 1.30 bits per heavy atom. The van der Waals surface area contributed by atoms with Crippen LogP contribution in [-0.4, -0.2) is 5.11 Å². The van der Waals surface area contributed by atoms with Crippen molar-refractivity contribution in [2.24, 2.45) is 0 Å². The van der Waals surface area contributed by atoms with Gasteiger partial charge in [-0.1, -0.05) is 78.9 Å². The van der Waals surface area contributed by atoms with Gasteiger partial charge in [-0.15, -0.1) is 0 Å². The van der Waals surface area contributed by atoms with Crippen molar-refractivity contribution in [3.63, 3.8) is 0 Å². The van der Waals surface area contributed by atoms with E-state index in [0.29, 0.717) is 0 Å². The zero-order valence-electron chi connectivity index (χ0n) is 11.4. The molecule has 0 radical (unpaired) electrons. The van der Waals surface area contributed by atoms with Crippen LogP contribution in [0, 0.1) is 0 Å².